The Balaban J connectivity index is 1.36. The number of nitrogens with zero attached hydrogens (tertiary/aromatic N) is 1. The summed E-state index contributed by atoms with van der Waals surface area (Å²) in [7, 11) is 0. The van der Waals surface area contributed by atoms with Gasteiger partial charge >= 0.3 is 0 Å². The lowest BCUT2D eigenvalue weighted by molar-refractivity contribution is -0.124. The molecule has 23 heavy (non-hydrogen) atoms. The Morgan fingerprint density at radius 1 is 1.13 bits per heavy atom. The average Bonchev–Trinajstić information content (AvgIpc) is 3.09. The molecule has 0 atom stereocenters. The van der Waals surface area contributed by atoms with E-state index < -0.39 is 0 Å². The van der Waals surface area contributed by atoms with Crippen LogP contribution in [0.25, 0.3) is 0 Å². The first-order chi connectivity index (χ1) is 11.2. The van der Waals surface area contributed by atoms with E-state index in [2.05, 4.69) is 10.2 Å². The third kappa shape index (κ3) is 4.71. The van der Waals surface area contributed by atoms with E-state index >= 15 is 0 Å². The Hall–Kier alpha value is -1.55. The lowest BCUT2D eigenvalue weighted by atomic mass is 10.0. The highest BCUT2D eigenvalue weighted by atomic mass is 16.5. The molecule has 2 aliphatic rings. The molecule has 0 bridgehead atoms. The molecule has 1 saturated heterocycles. The summed E-state index contributed by atoms with van der Waals surface area (Å²) in [6, 6.07) is 8.90. The van der Waals surface area contributed by atoms with Crippen molar-refractivity contribution in [3.8, 4) is 5.75 Å². The molecule has 1 aromatic rings. The number of carbonyl (C=O) groups excluding carboxylic acids is 1. The fraction of sp³-hybridized carbons (Fsp3) is 0.632. The Kier molecular flexibility index (Phi) is 5.55. The summed E-state index contributed by atoms with van der Waals surface area (Å²) in [6.45, 7) is 4.38. The predicted molar refractivity (Wildman–Crippen MR) is 91.7 cm³/mol. The largest absolute Gasteiger partial charge is 0.484 e. The van der Waals surface area contributed by atoms with E-state index in [1.165, 1.54) is 31.2 Å². The maximum Gasteiger partial charge on any atom is 0.258 e. The average molecular weight is 316 g/mol. The summed E-state index contributed by atoms with van der Waals surface area (Å²) in [4.78, 5) is 14.7. The first-order valence-electron chi connectivity index (χ1n) is 8.93. The topological polar surface area (TPSA) is 41.6 Å². The van der Waals surface area contributed by atoms with Gasteiger partial charge < -0.3 is 15.0 Å². The van der Waals surface area contributed by atoms with Gasteiger partial charge in [0.05, 0.1) is 0 Å². The van der Waals surface area contributed by atoms with Crippen molar-refractivity contribution < 1.29 is 9.53 Å². The third-order valence-corrected chi connectivity index (χ3v) is 5.13. The summed E-state index contributed by atoms with van der Waals surface area (Å²) in [5.41, 5.74) is 1.19. The number of rotatable bonds is 5. The number of carbonyl (C=O) groups is 1. The Morgan fingerprint density at radius 3 is 2.43 bits per heavy atom. The quantitative estimate of drug-likeness (QED) is 0.908. The van der Waals surface area contributed by atoms with E-state index in [1.807, 2.05) is 31.2 Å². The number of piperidine rings is 1. The number of hydrogen-bond donors (Lipinski definition) is 1. The minimum absolute atomic E-state index is 0.00936. The molecule has 4 nitrogen and oxygen atoms in total. The third-order valence-electron chi connectivity index (χ3n) is 5.13. The summed E-state index contributed by atoms with van der Waals surface area (Å²) in [5, 5.41) is 3.12. The molecule has 3 rings (SSSR count). The molecule has 0 spiro atoms. The Bertz CT molecular complexity index is 501. The lowest BCUT2D eigenvalue weighted by Crippen LogP contribution is -2.48. The zero-order chi connectivity index (χ0) is 16.1. The zero-order valence-electron chi connectivity index (χ0n) is 14.1. The van der Waals surface area contributed by atoms with E-state index in [9.17, 15) is 4.79 Å². The van der Waals surface area contributed by atoms with Crippen LogP contribution in [0.3, 0.4) is 0 Å². The van der Waals surface area contributed by atoms with Crippen LogP contribution in [0.15, 0.2) is 24.3 Å². The predicted octanol–water partition coefficient (Wildman–Crippen LogP) is 2.90. The molecule has 1 heterocycles. The van der Waals surface area contributed by atoms with Gasteiger partial charge in [-0.2, -0.15) is 0 Å². The van der Waals surface area contributed by atoms with Gasteiger partial charge in [0.2, 0.25) is 0 Å². The fourth-order valence-corrected chi connectivity index (χ4v) is 3.73. The van der Waals surface area contributed by atoms with Crippen LogP contribution < -0.4 is 10.1 Å². The maximum atomic E-state index is 12.0. The molecule has 4 heteroatoms. The first-order valence-corrected chi connectivity index (χ1v) is 8.93. The number of hydrogen-bond acceptors (Lipinski definition) is 3. The van der Waals surface area contributed by atoms with Crippen molar-refractivity contribution in [1.29, 1.82) is 0 Å². The molecule has 1 aliphatic carbocycles. The molecule has 0 unspecified atom stereocenters. The van der Waals surface area contributed by atoms with Crippen LogP contribution in [-0.4, -0.2) is 42.6 Å². The van der Waals surface area contributed by atoms with Gasteiger partial charge in [0, 0.05) is 25.2 Å². The molecule has 1 N–H and O–H groups in total. The number of ether oxygens (including phenoxy) is 1. The second-order valence-electron chi connectivity index (χ2n) is 6.92. The van der Waals surface area contributed by atoms with Gasteiger partial charge in [0.15, 0.2) is 6.61 Å². The van der Waals surface area contributed by atoms with Crippen molar-refractivity contribution in [2.75, 3.05) is 19.7 Å². The summed E-state index contributed by atoms with van der Waals surface area (Å²) in [5.74, 6) is 0.742. The van der Waals surface area contributed by atoms with E-state index in [-0.39, 0.29) is 12.5 Å². The molecular weight excluding hydrogens is 288 g/mol. The van der Waals surface area contributed by atoms with Crippen LogP contribution in [0.4, 0.5) is 0 Å². The van der Waals surface area contributed by atoms with Gasteiger partial charge in [0.1, 0.15) is 5.75 Å². The van der Waals surface area contributed by atoms with Crippen LogP contribution in [0.2, 0.25) is 0 Å². The summed E-state index contributed by atoms with van der Waals surface area (Å²) in [6.07, 6.45) is 7.62. The van der Waals surface area contributed by atoms with Gasteiger partial charge in [0.25, 0.3) is 5.91 Å². The first kappa shape index (κ1) is 16.3. The van der Waals surface area contributed by atoms with Gasteiger partial charge in [-0.1, -0.05) is 30.5 Å². The molecule has 0 aromatic heterocycles. The number of amides is 1. The van der Waals surface area contributed by atoms with Gasteiger partial charge in [-0.3, -0.25) is 4.79 Å². The second-order valence-corrected chi connectivity index (χ2v) is 6.92. The minimum atomic E-state index is -0.00936. The fourth-order valence-electron chi connectivity index (χ4n) is 3.73. The zero-order valence-corrected chi connectivity index (χ0v) is 14.1. The number of nitrogens with one attached hydrogen (secondary N) is 1. The Morgan fingerprint density at radius 2 is 1.78 bits per heavy atom. The monoisotopic (exact) mass is 316 g/mol. The summed E-state index contributed by atoms with van der Waals surface area (Å²) >= 11 is 0. The van der Waals surface area contributed by atoms with Gasteiger partial charge in [-0.05, 0) is 44.7 Å². The van der Waals surface area contributed by atoms with E-state index in [4.69, 9.17) is 4.74 Å². The molecular formula is C19H28N2O2. The lowest BCUT2D eigenvalue weighted by Gasteiger charge is -2.36. The Labute approximate surface area is 139 Å². The number of benzene rings is 1. The van der Waals surface area contributed by atoms with Crippen LogP contribution in [-0.2, 0) is 4.79 Å². The van der Waals surface area contributed by atoms with Crippen LogP contribution in [0.1, 0.15) is 44.1 Å². The van der Waals surface area contributed by atoms with Crippen molar-refractivity contribution >= 4 is 5.91 Å². The molecule has 126 valence electrons. The van der Waals surface area contributed by atoms with E-state index in [0.29, 0.717) is 6.04 Å². The molecule has 1 amide bonds. The van der Waals surface area contributed by atoms with Crippen LogP contribution in [0.5, 0.6) is 5.75 Å². The summed E-state index contributed by atoms with van der Waals surface area (Å²) < 4.78 is 5.54. The highest BCUT2D eigenvalue weighted by molar-refractivity contribution is 5.77. The van der Waals surface area contributed by atoms with Crippen LogP contribution >= 0.6 is 0 Å². The maximum absolute atomic E-state index is 12.0. The highest BCUT2D eigenvalue weighted by Crippen LogP contribution is 2.26. The number of aryl methyl sites for hydroxylation is 1. The van der Waals surface area contributed by atoms with Gasteiger partial charge in [-0.15, -0.1) is 0 Å². The smallest absolute Gasteiger partial charge is 0.258 e. The molecule has 1 saturated carbocycles. The molecule has 1 aromatic carbocycles. The van der Waals surface area contributed by atoms with Crippen molar-refractivity contribution in [3.05, 3.63) is 29.8 Å². The standard InChI is InChI=1S/C19H28N2O2/c1-15-6-8-18(9-7-15)23-14-19(22)20-16-10-12-21(13-11-16)17-4-2-3-5-17/h6-9,16-17H,2-5,10-14H2,1H3,(H,20,22). The van der Waals surface area contributed by atoms with Crippen molar-refractivity contribution in [2.45, 2.75) is 57.5 Å². The molecule has 2 fully saturated rings. The minimum Gasteiger partial charge on any atom is -0.484 e. The molecule has 0 radical (unpaired) electrons. The van der Waals surface area contributed by atoms with Crippen molar-refractivity contribution in [3.63, 3.8) is 0 Å². The second kappa shape index (κ2) is 7.82. The normalized spacial score (nSPS) is 20.6. The SMILES string of the molecule is Cc1ccc(OCC(=O)NC2CCN(C3CCCC3)CC2)cc1. The number of likely N-dealkylation sites (tertiary alicyclic amines) is 1. The highest BCUT2D eigenvalue weighted by Gasteiger charge is 2.27. The van der Waals surface area contributed by atoms with Gasteiger partial charge in [-0.25, -0.2) is 0 Å². The van der Waals surface area contributed by atoms with Crippen molar-refractivity contribution in [2.24, 2.45) is 0 Å². The van der Waals surface area contributed by atoms with Crippen molar-refractivity contribution in [1.82, 2.24) is 10.2 Å². The van der Waals surface area contributed by atoms with E-state index in [1.54, 1.807) is 0 Å². The molecule has 1 aliphatic heterocycles. The van der Waals surface area contributed by atoms with Crippen LogP contribution in [0, 0.1) is 6.92 Å². The van der Waals surface area contributed by atoms with E-state index in [0.717, 1.165) is 37.7 Å².